The Morgan fingerprint density at radius 3 is 2.69 bits per heavy atom. The molecule has 3 rings (SSSR count). The molecule has 6 heteroatoms. The van der Waals surface area contributed by atoms with E-state index in [-0.39, 0.29) is 30.7 Å². The highest BCUT2D eigenvalue weighted by Crippen LogP contribution is 2.19. The second kappa shape index (κ2) is 12.6. The van der Waals surface area contributed by atoms with Crippen LogP contribution in [0.15, 0.2) is 30.3 Å². The molecule has 2 fully saturated rings. The first-order valence-electron chi connectivity index (χ1n) is 9.56. The van der Waals surface area contributed by atoms with E-state index in [1.54, 1.807) is 0 Å². The van der Waals surface area contributed by atoms with E-state index in [2.05, 4.69) is 45.9 Å². The molecule has 2 aliphatic rings. The summed E-state index contributed by atoms with van der Waals surface area (Å²) in [6.07, 6.45) is 6.67. The minimum absolute atomic E-state index is 0. The standard InChI is InChI=1S/C20H31N3O.2ClH/c24-20(10-9-17-11-12-21-14-17)22-15-19-8-4-5-13-23(19)16-18-6-2-1-3-7-18;;/h1-3,6-7,17,19,21H,4-5,8-16H2,(H,22,24);2*1H. The van der Waals surface area contributed by atoms with Gasteiger partial charge in [-0.25, -0.2) is 0 Å². The van der Waals surface area contributed by atoms with Gasteiger partial charge in [-0.2, -0.15) is 0 Å². The molecular formula is C20H33Cl2N3O. The van der Waals surface area contributed by atoms with Crippen LogP contribution < -0.4 is 10.6 Å². The summed E-state index contributed by atoms with van der Waals surface area (Å²) in [5, 5.41) is 6.56. The van der Waals surface area contributed by atoms with Crippen LogP contribution in [-0.2, 0) is 11.3 Å². The van der Waals surface area contributed by atoms with Gasteiger partial charge in [0.25, 0.3) is 0 Å². The zero-order valence-electron chi connectivity index (χ0n) is 15.5. The van der Waals surface area contributed by atoms with Crippen molar-refractivity contribution in [1.82, 2.24) is 15.5 Å². The topological polar surface area (TPSA) is 44.4 Å². The average Bonchev–Trinajstić information content (AvgIpc) is 3.14. The molecule has 2 N–H and O–H groups in total. The van der Waals surface area contributed by atoms with E-state index in [0.29, 0.717) is 18.4 Å². The summed E-state index contributed by atoms with van der Waals surface area (Å²) in [6, 6.07) is 11.1. The molecule has 1 amide bonds. The van der Waals surface area contributed by atoms with Crippen LogP contribution in [0.4, 0.5) is 0 Å². The fourth-order valence-electron chi connectivity index (χ4n) is 3.93. The fraction of sp³-hybridized carbons (Fsp3) is 0.650. The van der Waals surface area contributed by atoms with Gasteiger partial charge >= 0.3 is 0 Å². The number of hydrogen-bond acceptors (Lipinski definition) is 3. The summed E-state index contributed by atoms with van der Waals surface area (Å²) in [5.74, 6) is 0.923. The van der Waals surface area contributed by atoms with Gasteiger partial charge in [-0.3, -0.25) is 9.69 Å². The van der Waals surface area contributed by atoms with Gasteiger partial charge in [-0.05, 0) is 56.8 Å². The molecule has 2 heterocycles. The van der Waals surface area contributed by atoms with Crippen molar-refractivity contribution in [3.8, 4) is 0 Å². The maximum atomic E-state index is 12.2. The van der Waals surface area contributed by atoms with E-state index in [1.165, 1.54) is 31.2 Å². The first kappa shape index (κ1) is 23.2. The highest BCUT2D eigenvalue weighted by atomic mass is 35.5. The van der Waals surface area contributed by atoms with Crippen molar-refractivity contribution < 1.29 is 4.79 Å². The third-order valence-electron chi connectivity index (χ3n) is 5.45. The number of benzene rings is 1. The third kappa shape index (κ3) is 7.43. The van der Waals surface area contributed by atoms with E-state index >= 15 is 0 Å². The van der Waals surface area contributed by atoms with Crippen LogP contribution in [0.2, 0.25) is 0 Å². The summed E-state index contributed by atoms with van der Waals surface area (Å²) in [6.45, 7) is 5.14. The molecule has 1 aromatic rings. The smallest absolute Gasteiger partial charge is 0.220 e. The molecule has 0 radical (unpaired) electrons. The lowest BCUT2D eigenvalue weighted by molar-refractivity contribution is -0.121. The fourth-order valence-corrected chi connectivity index (χ4v) is 3.93. The summed E-state index contributed by atoms with van der Waals surface area (Å²) >= 11 is 0. The predicted molar refractivity (Wildman–Crippen MR) is 112 cm³/mol. The third-order valence-corrected chi connectivity index (χ3v) is 5.45. The quantitative estimate of drug-likeness (QED) is 0.735. The highest BCUT2D eigenvalue weighted by Gasteiger charge is 2.23. The Morgan fingerprint density at radius 2 is 1.96 bits per heavy atom. The van der Waals surface area contributed by atoms with Gasteiger partial charge in [0.15, 0.2) is 0 Å². The van der Waals surface area contributed by atoms with Gasteiger partial charge in [0.2, 0.25) is 5.91 Å². The summed E-state index contributed by atoms with van der Waals surface area (Å²) in [7, 11) is 0. The summed E-state index contributed by atoms with van der Waals surface area (Å²) in [5.41, 5.74) is 1.37. The lowest BCUT2D eigenvalue weighted by Crippen LogP contribution is -2.46. The Balaban J connectivity index is 0.00000169. The van der Waals surface area contributed by atoms with Crippen LogP contribution in [0.5, 0.6) is 0 Å². The second-order valence-corrected chi connectivity index (χ2v) is 7.31. The average molecular weight is 402 g/mol. The SMILES string of the molecule is Cl.Cl.O=C(CCC1CCNC1)NCC1CCCCN1Cc1ccccc1. The van der Waals surface area contributed by atoms with Gasteiger partial charge < -0.3 is 10.6 Å². The molecule has 2 aliphatic heterocycles. The Labute approximate surface area is 170 Å². The van der Waals surface area contributed by atoms with Crippen molar-refractivity contribution in [2.75, 3.05) is 26.2 Å². The molecule has 148 valence electrons. The monoisotopic (exact) mass is 401 g/mol. The first-order chi connectivity index (χ1) is 11.8. The lowest BCUT2D eigenvalue weighted by atomic mass is 10.0. The number of hydrogen-bond donors (Lipinski definition) is 2. The minimum Gasteiger partial charge on any atom is -0.355 e. The molecular weight excluding hydrogens is 369 g/mol. The number of nitrogens with one attached hydrogen (secondary N) is 2. The largest absolute Gasteiger partial charge is 0.355 e. The van der Waals surface area contributed by atoms with Crippen molar-refractivity contribution in [3.63, 3.8) is 0 Å². The number of piperidine rings is 1. The summed E-state index contributed by atoms with van der Waals surface area (Å²) in [4.78, 5) is 14.7. The molecule has 0 bridgehead atoms. The number of carbonyl (C=O) groups excluding carboxylic acids is 1. The van der Waals surface area contributed by atoms with Gasteiger partial charge in [0.1, 0.15) is 0 Å². The number of nitrogens with zero attached hydrogens (tertiary/aromatic N) is 1. The predicted octanol–water partition coefficient (Wildman–Crippen LogP) is 3.39. The first-order valence-corrected chi connectivity index (χ1v) is 9.56. The van der Waals surface area contributed by atoms with Crippen molar-refractivity contribution in [2.45, 2.75) is 51.1 Å². The molecule has 0 aliphatic carbocycles. The maximum Gasteiger partial charge on any atom is 0.220 e. The molecule has 2 saturated heterocycles. The van der Waals surface area contributed by atoms with Gasteiger partial charge in [-0.1, -0.05) is 36.8 Å². The number of amides is 1. The number of carbonyl (C=O) groups is 1. The Kier molecular flexibility index (Phi) is 11.2. The van der Waals surface area contributed by atoms with Crippen LogP contribution in [-0.4, -0.2) is 43.0 Å². The van der Waals surface area contributed by atoms with E-state index < -0.39 is 0 Å². The van der Waals surface area contributed by atoms with Crippen molar-refractivity contribution in [2.24, 2.45) is 5.92 Å². The highest BCUT2D eigenvalue weighted by molar-refractivity contribution is 5.85. The second-order valence-electron chi connectivity index (χ2n) is 7.31. The van der Waals surface area contributed by atoms with Crippen LogP contribution in [0.1, 0.15) is 44.1 Å². The Hall–Kier alpha value is -0.810. The molecule has 0 saturated carbocycles. The van der Waals surface area contributed by atoms with Gasteiger partial charge in [-0.15, -0.1) is 24.8 Å². The molecule has 2 unspecified atom stereocenters. The Bertz CT molecular complexity index is 509. The van der Waals surface area contributed by atoms with Crippen LogP contribution in [0.3, 0.4) is 0 Å². The minimum atomic E-state index is 0. The van der Waals surface area contributed by atoms with E-state index in [1.807, 2.05) is 0 Å². The van der Waals surface area contributed by atoms with Gasteiger partial charge in [0.05, 0.1) is 0 Å². The molecule has 0 spiro atoms. The van der Waals surface area contributed by atoms with Crippen LogP contribution >= 0.6 is 24.8 Å². The van der Waals surface area contributed by atoms with Crippen LogP contribution in [0, 0.1) is 5.92 Å². The van der Waals surface area contributed by atoms with Crippen molar-refractivity contribution in [1.29, 1.82) is 0 Å². The lowest BCUT2D eigenvalue weighted by Gasteiger charge is -2.36. The van der Waals surface area contributed by atoms with Crippen molar-refractivity contribution >= 4 is 30.7 Å². The number of rotatable bonds is 7. The normalized spacial score (nSPS) is 22.9. The van der Waals surface area contributed by atoms with E-state index in [4.69, 9.17) is 0 Å². The summed E-state index contributed by atoms with van der Waals surface area (Å²) < 4.78 is 0. The van der Waals surface area contributed by atoms with Crippen LogP contribution in [0.25, 0.3) is 0 Å². The number of likely N-dealkylation sites (tertiary alicyclic amines) is 1. The molecule has 2 atom stereocenters. The van der Waals surface area contributed by atoms with E-state index in [0.717, 1.165) is 39.1 Å². The molecule has 4 nitrogen and oxygen atoms in total. The zero-order chi connectivity index (χ0) is 16.6. The van der Waals surface area contributed by atoms with Gasteiger partial charge in [0, 0.05) is 25.6 Å². The molecule has 26 heavy (non-hydrogen) atoms. The molecule has 0 aromatic heterocycles. The maximum absolute atomic E-state index is 12.2. The number of halogens is 2. The van der Waals surface area contributed by atoms with E-state index in [9.17, 15) is 4.79 Å². The molecule has 1 aromatic carbocycles. The Morgan fingerprint density at radius 1 is 1.15 bits per heavy atom. The van der Waals surface area contributed by atoms with Crippen molar-refractivity contribution in [3.05, 3.63) is 35.9 Å². The zero-order valence-corrected chi connectivity index (χ0v) is 17.1.